The van der Waals surface area contributed by atoms with Gasteiger partial charge in [0.25, 0.3) is 10.0 Å². The molecule has 0 fully saturated rings. The average Bonchev–Trinajstić information content (AvgIpc) is 2.86. The van der Waals surface area contributed by atoms with Gasteiger partial charge >= 0.3 is 0 Å². The molecule has 0 unspecified atom stereocenters. The zero-order valence-corrected chi connectivity index (χ0v) is 20.6. The van der Waals surface area contributed by atoms with Crippen LogP contribution in [0.5, 0.6) is 0 Å². The molecule has 1 atom stereocenters. The number of aryl methyl sites for hydroxylation is 3. The van der Waals surface area contributed by atoms with Gasteiger partial charge in [-0.3, -0.25) is 9.10 Å². The molecular weight excluding hydrogens is 444 g/mol. The summed E-state index contributed by atoms with van der Waals surface area (Å²) in [6.45, 7) is 3.68. The fraction of sp³-hybridized carbons (Fsp3) is 0.321. The summed E-state index contributed by atoms with van der Waals surface area (Å²) in [5.41, 5.74) is 5.32. The Bertz CT molecular complexity index is 1240. The molecule has 5 nitrogen and oxygen atoms in total. The van der Waals surface area contributed by atoms with Gasteiger partial charge in [0.05, 0.1) is 16.6 Å². The molecule has 3 aromatic rings. The Hall–Kier alpha value is -3.12. The lowest BCUT2D eigenvalue weighted by Crippen LogP contribution is -2.42. The van der Waals surface area contributed by atoms with Crippen LogP contribution in [0.4, 0.5) is 5.69 Å². The number of sulfonamides is 1. The number of hydrogen-bond donors (Lipinski definition) is 1. The Morgan fingerprint density at radius 1 is 0.941 bits per heavy atom. The maximum Gasteiger partial charge on any atom is 0.264 e. The molecule has 0 heterocycles. The van der Waals surface area contributed by atoms with Crippen molar-refractivity contribution in [1.82, 2.24) is 5.32 Å². The summed E-state index contributed by atoms with van der Waals surface area (Å²) in [6.07, 6.45) is 5.33. The van der Waals surface area contributed by atoms with Crippen molar-refractivity contribution in [3.05, 3.63) is 95.1 Å². The van der Waals surface area contributed by atoms with Crippen molar-refractivity contribution in [2.45, 2.75) is 56.9 Å². The lowest BCUT2D eigenvalue weighted by Gasteiger charge is -2.26. The van der Waals surface area contributed by atoms with Crippen LogP contribution in [0.3, 0.4) is 0 Å². The van der Waals surface area contributed by atoms with Crippen LogP contribution in [-0.4, -0.2) is 20.9 Å². The smallest absolute Gasteiger partial charge is 0.264 e. The summed E-state index contributed by atoms with van der Waals surface area (Å²) in [7, 11) is -3.91. The molecule has 34 heavy (non-hydrogen) atoms. The summed E-state index contributed by atoms with van der Waals surface area (Å²) >= 11 is 0. The van der Waals surface area contributed by atoms with Gasteiger partial charge in [0, 0.05) is 0 Å². The zero-order valence-electron chi connectivity index (χ0n) is 19.8. The molecule has 3 aromatic carbocycles. The second-order valence-electron chi connectivity index (χ2n) is 8.92. The molecule has 1 amide bonds. The molecule has 0 aromatic heterocycles. The van der Waals surface area contributed by atoms with Crippen molar-refractivity contribution >= 4 is 21.6 Å². The maximum absolute atomic E-state index is 13.5. The summed E-state index contributed by atoms with van der Waals surface area (Å²) in [5, 5.41) is 3.08. The van der Waals surface area contributed by atoms with Crippen LogP contribution in [0.1, 0.15) is 54.5 Å². The minimum atomic E-state index is -3.91. The number of fused-ring (bicyclic) bond motifs is 1. The summed E-state index contributed by atoms with van der Waals surface area (Å²) < 4.78 is 28.2. The summed E-state index contributed by atoms with van der Waals surface area (Å²) in [4.78, 5) is 13.3. The number of hydrogen-bond acceptors (Lipinski definition) is 3. The molecular formula is C28H32N2O3S. The summed E-state index contributed by atoms with van der Waals surface area (Å²) in [6, 6.07) is 21.7. The minimum absolute atomic E-state index is 0.158. The predicted octanol–water partition coefficient (Wildman–Crippen LogP) is 5.34. The van der Waals surface area contributed by atoms with E-state index in [9.17, 15) is 13.2 Å². The van der Waals surface area contributed by atoms with Gasteiger partial charge in [-0.15, -0.1) is 0 Å². The van der Waals surface area contributed by atoms with Gasteiger partial charge in [0.15, 0.2) is 0 Å². The number of benzene rings is 3. The van der Waals surface area contributed by atoms with Gasteiger partial charge in [-0.25, -0.2) is 8.42 Å². The van der Waals surface area contributed by atoms with E-state index in [-0.39, 0.29) is 23.4 Å². The molecule has 0 aliphatic heterocycles. The first-order valence-corrected chi connectivity index (χ1v) is 13.4. The number of nitrogens with zero attached hydrogens (tertiary/aromatic N) is 1. The second-order valence-corrected chi connectivity index (χ2v) is 10.8. The Kier molecular flexibility index (Phi) is 7.37. The Morgan fingerprint density at radius 3 is 2.29 bits per heavy atom. The van der Waals surface area contributed by atoms with Crippen molar-refractivity contribution in [2.75, 3.05) is 10.8 Å². The summed E-state index contributed by atoms with van der Waals surface area (Å²) in [5.74, 6) is -0.329. The Morgan fingerprint density at radius 2 is 1.62 bits per heavy atom. The number of rotatable bonds is 8. The molecule has 0 radical (unpaired) electrons. The molecule has 0 saturated heterocycles. The lowest BCUT2D eigenvalue weighted by molar-refractivity contribution is -0.120. The highest BCUT2D eigenvalue weighted by molar-refractivity contribution is 7.92. The van der Waals surface area contributed by atoms with E-state index >= 15 is 0 Å². The quantitative estimate of drug-likeness (QED) is 0.477. The molecule has 178 valence electrons. The highest BCUT2D eigenvalue weighted by Crippen LogP contribution is 2.27. The van der Waals surface area contributed by atoms with E-state index in [2.05, 4.69) is 23.5 Å². The number of amides is 1. The fourth-order valence-electron chi connectivity index (χ4n) is 4.51. The number of anilines is 1. The van der Waals surface area contributed by atoms with Crippen molar-refractivity contribution < 1.29 is 13.2 Å². The minimum Gasteiger partial charge on any atom is -0.348 e. The predicted molar refractivity (Wildman–Crippen MR) is 136 cm³/mol. The third-order valence-corrected chi connectivity index (χ3v) is 8.25. The first-order chi connectivity index (χ1) is 16.4. The molecule has 1 aliphatic rings. The third-order valence-electron chi connectivity index (χ3n) is 6.46. The van der Waals surface area contributed by atoms with Gasteiger partial charge < -0.3 is 5.32 Å². The standard InChI is InChI=1S/C28H32N2O3S/c1-3-27(24-16-15-22-9-7-8-10-23(22)19-24)29-28(31)20-30(25-17-13-21(2)14-18-25)34(32,33)26-11-5-4-6-12-26/h4-6,11-19,27H,3,7-10,20H2,1-2H3,(H,29,31)/t27-/m0/s1. The molecule has 6 heteroatoms. The zero-order chi connectivity index (χ0) is 24.1. The Balaban J connectivity index is 1.58. The Labute approximate surface area is 202 Å². The average molecular weight is 477 g/mol. The van der Waals surface area contributed by atoms with Gasteiger partial charge in [-0.05, 0) is 80.0 Å². The normalized spacial score (nSPS) is 14.2. The van der Waals surface area contributed by atoms with Crippen LogP contribution in [0, 0.1) is 6.92 Å². The van der Waals surface area contributed by atoms with E-state index in [1.54, 1.807) is 42.5 Å². The van der Waals surface area contributed by atoms with Crippen molar-refractivity contribution in [3.8, 4) is 0 Å². The van der Waals surface area contributed by atoms with Gasteiger partial charge in [-0.2, -0.15) is 0 Å². The largest absolute Gasteiger partial charge is 0.348 e. The van der Waals surface area contributed by atoms with Crippen molar-refractivity contribution in [2.24, 2.45) is 0 Å². The van der Waals surface area contributed by atoms with E-state index in [1.165, 1.54) is 28.3 Å². The van der Waals surface area contributed by atoms with Gasteiger partial charge in [-0.1, -0.05) is 61.0 Å². The van der Waals surface area contributed by atoms with E-state index in [4.69, 9.17) is 0 Å². The molecule has 0 spiro atoms. The molecule has 0 bridgehead atoms. The van der Waals surface area contributed by atoms with Crippen LogP contribution in [0.15, 0.2) is 77.7 Å². The molecule has 1 aliphatic carbocycles. The van der Waals surface area contributed by atoms with Crippen LogP contribution in [-0.2, 0) is 27.7 Å². The van der Waals surface area contributed by atoms with E-state index in [0.717, 1.165) is 30.4 Å². The van der Waals surface area contributed by atoms with Crippen LogP contribution in [0.25, 0.3) is 0 Å². The number of carbonyl (C=O) groups is 1. The molecule has 4 rings (SSSR count). The lowest BCUT2D eigenvalue weighted by atomic mass is 9.89. The highest BCUT2D eigenvalue weighted by Gasteiger charge is 2.28. The maximum atomic E-state index is 13.5. The first-order valence-electron chi connectivity index (χ1n) is 11.9. The number of nitrogens with one attached hydrogen (secondary N) is 1. The second kappa shape index (κ2) is 10.4. The molecule has 0 saturated carbocycles. The topological polar surface area (TPSA) is 66.5 Å². The van der Waals surface area contributed by atoms with Crippen molar-refractivity contribution in [1.29, 1.82) is 0 Å². The van der Waals surface area contributed by atoms with Crippen molar-refractivity contribution in [3.63, 3.8) is 0 Å². The van der Waals surface area contributed by atoms with Gasteiger partial charge in [0.1, 0.15) is 6.54 Å². The number of carbonyl (C=O) groups excluding carboxylic acids is 1. The van der Waals surface area contributed by atoms with Gasteiger partial charge in [0.2, 0.25) is 5.91 Å². The highest BCUT2D eigenvalue weighted by atomic mass is 32.2. The monoisotopic (exact) mass is 476 g/mol. The van der Waals surface area contributed by atoms with E-state index in [0.29, 0.717) is 5.69 Å². The fourth-order valence-corrected chi connectivity index (χ4v) is 5.95. The van der Waals surface area contributed by atoms with E-state index < -0.39 is 10.0 Å². The van der Waals surface area contributed by atoms with Crippen LogP contribution in [0.2, 0.25) is 0 Å². The molecule has 1 N–H and O–H groups in total. The SMILES string of the molecule is CC[C@H](NC(=O)CN(c1ccc(C)cc1)S(=O)(=O)c1ccccc1)c1ccc2c(c1)CCCC2. The first kappa shape index (κ1) is 24.0. The van der Waals surface area contributed by atoms with E-state index in [1.807, 2.05) is 26.0 Å². The van der Waals surface area contributed by atoms with Crippen LogP contribution >= 0.6 is 0 Å². The van der Waals surface area contributed by atoms with Crippen LogP contribution < -0.4 is 9.62 Å². The third kappa shape index (κ3) is 5.33.